The predicted molar refractivity (Wildman–Crippen MR) is 87.5 cm³/mol. The van der Waals surface area contributed by atoms with E-state index in [-0.39, 0.29) is 0 Å². The first-order chi connectivity index (χ1) is 10.4. The molecular formula is C18H24N2O. The van der Waals surface area contributed by atoms with Crippen LogP contribution in [0.15, 0.2) is 30.3 Å². The number of nitrogens with zero attached hydrogens (tertiary/aromatic N) is 1. The molecule has 0 spiro atoms. The van der Waals surface area contributed by atoms with Crippen LogP contribution in [0.3, 0.4) is 0 Å². The van der Waals surface area contributed by atoms with Crippen molar-refractivity contribution in [2.75, 3.05) is 18.5 Å². The van der Waals surface area contributed by atoms with E-state index in [1.165, 1.54) is 31.1 Å². The van der Waals surface area contributed by atoms with Crippen molar-refractivity contribution in [3.63, 3.8) is 0 Å². The molecule has 1 saturated carbocycles. The standard InChI is InChI=1S/C18H24N2O/c1-2-19-18-16(13-21-12-14-7-3-4-8-14)11-15-9-5-6-10-17(15)20-18/h5-6,9-11,14H,2-4,7-8,12-13H2,1H3,(H,19,20). The zero-order chi connectivity index (χ0) is 14.5. The largest absolute Gasteiger partial charge is 0.376 e. The van der Waals surface area contributed by atoms with Gasteiger partial charge in [-0.1, -0.05) is 31.0 Å². The Morgan fingerprint density at radius 1 is 1.24 bits per heavy atom. The SMILES string of the molecule is CCNc1nc2ccccc2cc1COCC1CCCC1. The number of pyridine rings is 1. The molecule has 0 aliphatic heterocycles. The molecule has 1 aliphatic rings. The Balaban J connectivity index is 1.73. The lowest BCUT2D eigenvalue weighted by Gasteiger charge is -2.14. The zero-order valence-electron chi connectivity index (χ0n) is 12.8. The van der Waals surface area contributed by atoms with E-state index in [4.69, 9.17) is 9.72 Å². The lowest BCUT2D eigenvalue weighted by Crippen LogP contribution is -2.08. The molecular weight excluding hydrogens is 260 g/mol. The van der Waals surface area contributed by atoms with Crippen LogP contribution in [0.1, 0.15) is 38.2 Å². The van der Waals surface area contributed by atoms with E-state index in [0.29, 0.717) is 6.61 Å². The molecule has 0 unspecified atom stereocenters. The summed E-state index contributed by atoms with van der Waals surface area (Å²) in [6, 6.07) is 10.5. The van der Waals surface area contributed by atoms with Crippen molar-refractivity contribution in [3.8, 4) is 0 Å². The Labute approximate surface area is 126 Å². The molecule has 112 valence electrons. The fourth-order valence-corrected chi connectivity index (χ4v) is 3.10. The number of hydrogen-bond donors (Lipinski definition) is 1. The lowest BCUT2D eigenvalue weighted by atomic mass is 10.1. The molecule has 0 bridgehead atoms. The van der Waals surface area contributed by atoms with Gasteiger partial charge in [-0.2, -0.15) is 0 Å². The highest BCUT2D eigenvalue weighted by atomic mass is 16.5. The molecule has 1 heterocycles. The maximum Gasteiger partial charge on any atom is 0.132 e. The number of hydrogen-bond acceptors (Lipinski definition) is 3. The maximum absolute atomic E-state index is 5.96. The average molecular weight is 284 g/mol. The van der Waals surface area contributed by atoms with Gasteiger partial charge < -0.3 is 10.1 Å². The number of ether oxygens (including phenoxy) is 1. The molecule has 0 radical (unpaired) electrons. The van der Waals surface area contributed by atoms with Crippen LogP contribution in [0.25, 0.3) is 10.9 Å². The summed E-state index contributed by atoms with van der Waals surface area (Å²) in [5.41, 5.74) is 2.20. The van der Waals surface area contributed by atoms with Gasteiger partial charge in [0.25, 0.3) is 0 Å². The van der Waals surface area contributed by atoms with E-state index in [1.807, 2.05) is 6.07 Å². The van der Waals surface area contributed by atoms with Crippen LogP contribution in [-0.4, -0.2) is 18.1 Å². The average Bonchev–Trinajstić information content (AvgIpc) is 3.01. The topological polar surface area (TPSA) is 34.2 Å². The molecule has 0 amide bonds. The van der Waals surface area contributed by atoms with Gasteiger partial charge in [-0.25, -0.2) is 4.98 Å². The van der Waals surface area contributed by atoms with Crippen molar-refractivity contribution in [1.29, 1.82) is 0 Å². The van der Waals surface area contributed by atoms with Crippen molar-refractivity contribution in [1.82, 2.24) is 4.98 Å². The minimum absolute atomic E-state index is 0.649. The minimum atomic E-state index is 0.649. The second-order valence-corrected chi connectivity index (χ2v) is 5.88. The van der Waals surface area contributed by atoms with Gasteiger partial charge in [0.15, 0.2) is 0 Å². The Bertz CT molecular complexity index is 591. The van der Waals surface area contributed by atoms with Gasteiger partial charge in [-0.3, -0.25) is 0 Å². The van der Waals surface area contributed by atoms with Gasteiger partial charge in [0.1, 0.15) is 5.82 Å². The smallest absolute Gasteiger partial charge is 0.132 e. The number of fused-ring (bicyclic) bond motifs is 1. The fraction of sp³-hybridized carbons (Fsp3) is 0.500. The van der Waals surface area contributed by atoms with Crippen molar-refractivity contribution in [2.45, 2.75) is 39.2 Å². The van der Waals surface area contributed by atoms with Crippen LogP contribution >= 0.6 is 0 Å². The van der Waals surface area contributed by atoms with Gasteiger partial charge in [0, 0.05) is 24.1 Å². The van der Waals surface area contributed by atoms with E-state index >= 15 is 0 Å². The first-order valence-corrected chi connectivity index (χ1v) is 8.07. The van der Waals surface area contributed by atoms with Crippen LogP contribution in [-0.2, 0) is 11.3 Å². The first-order valence-electron chi connectivity index (χ1n) is 8.07. The van der Waals surface area contributed by atoms with Crippen LogP contribution in [0, 0.1) is 5.92 Å². The van der Waals surface area contributed by atoms with Gasteiger partial charge in [-0.05, 0) is 37.8 Å². The maximum atomic E-state index is 5.96. The lowest BCUT2D eigenvalue weighted by molar-refractivity contribution is 0.0891. The normalized spacial score (nSPS) is 15.7. The van der Waals surface area contributed by atoms with Gasteiger partial charge >= 0.3 is 0 Å². The third-order valence-electron chi connectivity index (χ3n) is 4.23. The molecule has 1 N–H and O–H groups in total. The van der Waals surface area contributed by atoms with E-state index < -0.39 is 0 Å². The molecule has 1 aromatic heterocycles. The van der Waals surface area contributed by atoms with Crippen LogP contribution < -0.4 is 5.32 Å². The van der Waals surface area contributed by atoms with Crippen LogP contribution in [0.5, 0.6) is 0 Å². The molecule has 1 aliphatic carbocycles. The number of nitrogens with one attached hydrogen (secondary N) is 1. The summed E-state index contributed by atoms with van der Waals surface area (Å²) in [6.45, 7) is 4.51. The Morgan fingerprint density at radius 3 is 2.86 bits per heavy atom. The number of rotatable bonds is 6. The predicted octanol–water partition coefficient (Wildman–Crippen LogP) is 4.37. The van der Waals surface area contributed by atoms with Gasteiger partial charge in [-0.15, -0.1) is 0 Å². The highest BCUT2D eigenvalue weighted by Gasteiger charge is 2.15. The Morgan fingerprint density at radius 2 is 2.05 bits per heavy atom. The minimum Gasteiger partial charge on any atom is -0.376 e. The van der Waals surface area contributed by atoms with Gasteiger partial charge in [0.2, 0.25) is 0 Å². The van der Waals surface area contributed by atoms with Crippen molar-refractivity contribution < 1.29 is 4.74 Å². The molecule has 1 fully saturated rings. The summed E-state index contributed by atoms with van der Waals surface area (Å²) in [4.78, 5) is 4.72. The Hall–Kier alpha value is -1.61. The summed E-state index contributed by atoms with van der Waals surface area (Å²) >= 11 is 0. The van der Waals surface area contributed by atoms with Gasteiger partial charge in [0.05, 0.1) is 12.1 Å². The molecule has 0 saturated heterocycles. The summed E-state index contributed by atoms with van der Waals surface area (Å²) < 4.78 is 5.96. The highest BCUT2D eigenvalue weighted by molar-refractivity contribution is 5.81. The summed E-state index contributed by atoms with van der Waals surface area (Å²) in [5, 5.41) is 4.53. The molecule has 3 heteroatoms. The van der Waals surface area contributed by atoms with E-state index in [0.717, 1.165) is 36.0 Å². The number of para-hydroxylation sites is 1. The fourth-order valence-electron chi connectivity index (χ4n) is 3.10. The molecule has 3 rings (SSSR count). The number of aromatic nitrogens is 1. The molecule has 3 nitrogen and oxygen atoms in total. The monoisotopic (exact) mass is 284 g/mol. The molecule has 2 aromatic rings. The second kappa shape index (κ2) is 6.90. The summed E-state index contributed by atoms with van der Waals surface area (Å²) in [7, 11) is 0. The first kappa shape index (κ1) is 14.3. The quantitative estimate of drug-likeness (QED) is 0.855. The highest BCUT2D eigenvalue weighted by Crippen LogP contribution is 2.26. The van der Waals surface area contributed by atoms with E-state index in [9.17, 15) is 0 Å². The van der Waals surface area contributed by atoms with E-state index in [2.05, 4.69) is 36.5 Å². The molecule has 21 heavy (non-hydrogen) atoms. The Kier molecular flexibility index (Phi) is 4.71. The van der Waals surface area contributed by atoms with Crippen LogP contribution in [0.4, 0.5) is 5.82 Å². The van der Waals surface area contributed by atoms with E-state index in [1.54, 1.807) is 0 Å². The summed E-state index contributed by atoms with van der Waals surface area (Å²) in [6.07, 6.45) is 5.40. The summed E-state index contributed by atoms with van der Waals surface area (Å²) in [5.74, 6) is 1.73. The van der Waals surface area contributed by atoms with Crippen LogP contribution in [0.2, 0.25) is 0 Å². The molecule has 1 aromatic carbocycles. The van der Waals surface area contributed by atoms with Crippen molar-refractivity contribution >= 4 is 16.7 Å². The van der Waals surface area contributed by atoms with Crippen molar-refractivity contribution in [2.24, 2.45) is 5.92 Å². The molecule has 0 atom stereocenters. The zero-order valence-corrected chi connectivity index (χ0v) is 12.8. The third-order valence-corrected chi connectivity index (χ3v) is 4.23. The van der Waals surface area contributed by atoms with Crippen molar-refractivity contribution in [3.05, 3.63) is 35.9 Å². The third kappa shape index (κ3) is 3.53. The number of benzene rings is 1. The number of anilines is 1. The second-order valence-electron chi connectivity index (χ2n) is 5.88.